The van der Waals surface area contributed by atoms with Crippen molar-refractivity contribution in [2.24, 2.45) is 0 Å². The monoisotopic (exact) mass is 390 g/mol. The molecule has 0 radical (unpaired) electrons. The maximum absolute atomic E-state index is 13.3. The third-order valence-corrected chi connectivity index (χ3v) is 4.80. The number of fused-ring (bicyclic) bond motifs is 2. The molecule has 0 spiro atoms. The average Bonchev–Trinajstić information content (AvgIpc) is 2.67. The minimum Gasteiger partial charge on any atom is -0.507 e. The highest BCUT2D eigenvalue weighted by molar-refractivity contribution is 6.24. The molecular weight excluding hydrogens is 376 g/mol. The lowest BCUT2D eigenvalue weighted by molar-refractivity contribution is 0.0689. The highest BCUT2D eigenvalue weighted by Crippen LogP contribution is 2.38. The van der Waals surface area contributed by atoms with Crippen LogP contribution in [0.4, 0.5) is 0 Å². The van der Waals surface area contributed by atoms with Crippen LogP contribution in [0, 0.1) is 0 Å². The van der Waals surface area contributed by atoms with Crippen molar-refractivity contribution in [1.82, 2.24) is 0 Å². The number of benzene rings is 4. The Kier molecular flexibility index (Phi) is 4.01. The molecule has 0 saturated heterocycles. The first kappa shape index (κ1) is 18.1. The smallest absolute Gasteiger partial charge is 0.340 e. The topological polar surface area (TPSA) is 135 Å². The van der Waals surface area contributed by atoms with Gasteiger partial charge in [-0.2, -0.15) is 0 Å². The Morgan fingerprint density at radius 1 is 0.621 bits per heavy atom. The van der Waals surface area contributed by atoms with Gasteiger partial charge >= 0.3 is 5.97 Å². The number of aromatic hydroxyl groups is 4. The van der Waals surface area contributed by atoms with Crippen LogP contribution in [0.2, 0.25) is 0 Å². The van der Waals surface area contributed by atoms with Gasteiger partial charge in [0.1, 0.15) is 28.6 Å². The zero-order chi connectivity index (χ0) is 20.9. The van der Waals surface area contributed by atoms with E-state index in [1.807, 2.05) is 0 Å². The summed E-state index contributed by atoms with van der Waals surface area (Å²) >= 11 is 0. The lowest BCUT2D eigenvalue weighted by Crippen LogP contribution is -2.11. The zero-order valence-electron chi connectivity index (χ0n) is 14.7. The molecule has 0 aliphatic heterocycles. The first-order chi connectivity index (χ1) is 13.8. The number of phenols is 4. The first-order valence-corrected chi connectivity index (χ1v) is 8.50. The van der Waals surface area contributed by atoms with E-state index in [0.29, 0.717) is 10.8 Å². The highest BCUT2D eigenvalue weighted by atomic mass is 16.4. The highest BCUT2D eigenvalue weighted by Gasteiger charge is 2.27. The predicted octanol–water partition coefficient (Wildman–Crippen LogP) is 3.74. The first-order valence-electron chi connectivity index (χ1n) is 8.50. The number of carbonyl (C=O) groups excluding carboxylic acids is 1. The van der Waals surface area contributed by atoms with Crippen LogP contribution < -0.4 is 0 Å². The molecule has 7 heteroatoms. The number of carboxylic acids is 1. The van der Waals surface area contributed by atoms with Crippen LogP contribution in [0.15, 0.2) is 54.6 Å². The van der Waals surface area contributed by atoms with Gasteiger partial charge in [0.25, 0.3) is 0 Å². The Labute approximate surface area is 163 Å². The molecule has 0 fully saturated rings. The van der Waals surface area contributed by atoms with Gasteiger partial charge in [0.2, 0.25) is 0 Å². The summed E-state index contributed by atoms with van der Waals surface area (Å²) in [4.78, 5) is 25.1. The van der Waals surface area contributed by atoms with Crippen molar-refractivity contribution in [1.29, 1.82) is 0 Å². The fourth-order valence-corrected chi connectivity index (χ4v) is 3.46. The van der Waals surface area contributed by atoms with Crippen molar-refractivity contribution in [3.63, 3.8) is 0 Å². The fourth-order valence-electron chi connectivity index (χ4n) is 3.46. The van der Waals surface area contributed by atoms with Crippen molar-refractivity contribution < 1.29 is 35.1 Å². The summed E-state index contributed by atoms with van der Waals surface area (Å²) in [5.74, 6) is -3.86. The molecule has 0 unspecified atom stereocenters. The van der Waals surface area contributed by atoms with E-state index in [4.69, 9.17) is 0 Å². The van der Waals surface area contributed by atoms with E-state index in [9.17, 15) is 35.1 Å². The number of hydrogen-bond acceptors (Lipinski definition) is 6. The third-order valence-electron chi connectivity index (χ3n) is 4.80. The Hall–Kier alpha value is -4.26. The summed E-state index contributed by atoms with van der Waals surface area (Å²) in [6, 6.07) is 12.4. The minimum atomic E-state index is -1.53. The van der Waals surface area contributed by atoms with Gasteiger partial charge in [-0.15, -0.1) is 0 Å². The summed E-state index contributed by atoms with van der Waals surface area (Å²) in [6.45, 7) is 0. The quantitative estimate of drug-likeness (QED) is 0.336. The average molecular weight is 390 g/mol. The van der Waals surface area contributed by atoms with Gasteiger partial charge in [0.05, 0.1) is 5.56 Å². The van der Waals surface area contributed by atoms with E-state index in [2.05, 4.69) is 0 Å². The summed E-state index contributed by atoms with van der Waals surface area (Å²) in [5, 5.41) is 51.2. The van der Waals surface area contributed by atoms with Gasteiger partial charge in [0, 0.05) is 16.3 Å². The molecule has 0 saturated carbocycles. The van der Waals surface area contributed by atoms with Crippen molar-refractivity contribution in [2.75, 3.05) is 0 Å². The second-order valence-corrected chi connectivity index (χ2v) is 6.52. The number of rotatable bonds is 3. The largest absolute Gasteiger partial charge is 0.507 e. The van der Waals surface area contributed by atoms with Crippen LogP contribution in [0.25, 0.3) is 21.5 Å². The van der Waals surface area contributed by atoms with Crippen molar-refractivity contribution in [2.45, 2.75) is 0 Å². The molecule has 0 amide bonds. The maximum atomic E-state index is 13.3. The summed E-state index contributed by atoms with van der Waals surface area (Å²) < 4.78 is 0. The lowest BCUT2D eigenvalue weighted by atomic mass is 9.90. The molecule has 4 rings (SSSR count). The SMILES string of the molecule is O=C(O)c1c(O)cc2c(O)cccc2c1C(=O)c1cc2cccc(O)c2cc1O. The van der Waals surface area contributed by atoms with E-state index >= 15 is 0 Å². The Morgan fingerprint density at radius 2 is 1.24 bits per heavy atom. The van der Waals surface area contributed by atoms with Gasteiger partial charge in [-0.05, 0) is 41.1 Å². The van der Waals surface area contributed by atoms with Gasteiger partial charge in [-0.25, -0.2) is 4.79 Å². The zero-order valence-corrected chi connectivity index (χ0v) is 14.7. The normalized spacial score (nSPS) is 11.0. The Bertz CT molecular complexity index is 1340. The third kappa shape index (κ3) is 2.76. The van der Waals surface area contributed by atoms with E-state index in [1.54, 1.807) is 12.1 Å². The van der Waals surface area contributed by atoms with E-state index in [1.165, 1.54) is 36.4 Å². The molecule has 4 aromatic carbocycles. The van der Waals surface area contributed by atoms with Gasteiger partial charge < -0.3 is 25.5 Å². The van der Waals surface area contributed by atoms with Gasteiger partial charge in [0.15, 0.2) is 5.78 Å². The minimum absolute atomic E-state index is 0.0873. The predicted molar refractivity (Wildman–Crippen MR) is 105 cm³/mol. The molecule has 29 heavy (non-hydrogen) atoms. The lowest BCUT2D eigenvalue weighted by Gasteiger charge is -2.14. The van der Waals surface area contributed by atoms with Gasteiger partial charge in [-0.3, -0.25) is 4.79 Å². The van der Waals surface area contributed by atoms with E-state index in [-0.39, 0.29) is 33.4 Å². The number of hydrogen-bond donors (Lipinski definition) is 5. The number of carbonyl (C=O) groups is 2. The molecule has 0 aromatic heterocycles. The summed E-state index contributed by atoms with van der Waals surface area (Å²) in [7, 11) is 0. The number of carboxylic acid groups (broad SMARTS) is 1. The summed E-state index contributed by atoms with van der Waals surface area (Å²) in [6.07, 6.45) is 0. The van der Waals surface area contributed by atoms with Crippen LogP contribution in [0.1, 0.15) is 26.3 Å². The number of phenolic OH excluding ortho intramolecular Hbond substituents is 3. The van der Waals surface area contributed by atoms with Crippen LogP contribution in [-0.4, -0.2) is 37.3 Å². The molecule has 0 aliphatic rings. The molecule has 0 heterocycles. The molecule has 0 aliphatic carbocycles. The van der Waals surface area contributed by atoms with Crippen LogP contribution in [0.3, 0.4) is 0 Å². The van der Waals surface area contributed by atoms with E-state index in [0.717, 1.165) is 6.07 Å². The van der Waals surface area contributed by atoms with Crippen LogP contribution in [0.5, 0.6) is 23.0 Å². The van der Waals surface area contributed by atoms with Gasteiger partial charge in [-0.1, -0.05) is 24.3 Å². The standard InChI is InChI=1S/C22H14O7/c23-15-5-1-3-10-7-14(17(25)8-12(10)15)21(27)19-11-4-2-6-16(24)13(11)9-18(26)20(19)22(28)29/h1-9,23-26H,(H,28,29). The molecule has 0 bridgehead atoms. The molecular formula is C22H14O7. The Morgan fingerprint density at radius 3 is 1.93 bits per heavy atom. The van der Waals surface area contributed by atoms with Crippen molar-refractivity contribution in [3.05, 3.63) is 71.3 Å². The number of ketones is 1. The molecule has 7 nitrogen and oxygen atoms in total. The van der Waals surface area contributed by atoms with Crippen molar-refractivity contribution in [3.8, 4) is 23.0 Å². The second-order valence-electron chi connectivity index (χ2n) is 6.52. The molecule has 144 valence electrons. The summed E-state index contributed by atoms with van der Waals surface area (Å²) in [5.41, 5.74) is -1.21. The van der Waals surface area contributed by atoms with Crippen LogP contribution >= 0.6 is 0 Å². The van der Waals surface area contributed by atoms with E-state index < -0.39 is 28.8 Å². The fraction of sp³-hybridized carbons (Fsp3) is 0. The molecule has 4 aromatic rings. The second kappa shape index (κ2) is 6.42. The van der Waals surface area contributed by atoms with Crippen LogP contribution in [-0.2, 0) is 0 Å². The number of aromatic carboxylic acids is 1. The maximum Gasteiger partial charge on any atom is 0.340 e. The van der Waals surface area contributed by atoms with Crippen molar-refractivity contribution >= 4 is 33.3 Å². The molecule has 5 N–H and O–H groups in total. The Balaban J connectivity index is 2.07. The molecule has 0 atom stereocenters.